The van der Waals surface area contributed by atoms with Gasteiger partial charge >= 0.3 is 0 Å². The van der Waals surface area contributed by atoms with Gasteiger partial charge in [0, 0.05) is 12.1 Å². The van der Waals surface area contributed by atoms with E-state index in [1.165, 1.54) is 12.1 Å². The Labute approximate surface area is 101 Å². The predicted molar refractivity (Wildman–Crippen MR) is 64.7 cm³/mol. The normalized spacial score (nSPS) is 12.5. The standard InChI is InChI=1S/C10H16FN3O2S/c1-10(2,14-17(3,15)16)7-13-9-5-4-8(11)6-12-9/h4-6,14H,7H2,1-3H3,(H,12,13). The zero-order valence-corrected chi connectivity index (χ0v) is 10.8. The highest BCUT2D eigenvalue weighted by molar-refractivity contribution is 7.88. The number of sulfonamides is 1. The second-order valence-corrected chi connectivity index (χ2v) is 6.22. The molecule has 0 spiro atoms. The van der Waals surface area contributed by atoms with E-state index in [1.807, 2.05) is 0 Å². The molecule has 0 saturated carbocycles. The van der Waals surface area contributed by atoms with E-state index in [2.05, 4.69) is 15.0 Å². The van der Waals surface area contributed by atoms with Crippen molar-refractivity contribution in [2.75, 3.05) is 18.1 Å². The summed E-state index contributed by atoms with van der Waals surface area (Å²) < 4.78 is 37.3. The maximum Gasteiger partial charge on any atom is 0.209 e. The summed E-state index contributed by atoms with van der Waals surface area (Å²) in [6, 6.07) is 2.78. The van der Waals surface area contributed by atoms with Gasteiger partial charge in [0.1, 0.15) is 11.6 Å². The van der Waals surface area contributed by atoms with Crippen molar-refractivity contribution in [2.45, 2.75) is 19.4 Å². The summed E-state index contributed by atoms with van der Waals surface area (Å²) in [7, 11) is -3.26. The van der Waals surface area contributed by atoms with Crippen molar-refractivity contribution in [3.05, 3.63) is 24.1 Å². The zero-order chi connectivity index (χ0) is 13.1. The highest BCUT2D eigenvalue weighted by Crippen LogP contribution is 2.08. The average Bonchev–Trinajstić information content (AvgIpc) is 2.13. The summed E-state index contributed by atoms with van der Waals surface area (Å²) in [5, 5.41) is 2.93. The molecule has 17 heavy (non-hydrogen) atoms. The average molecular weight is 261 g/mol. The van der Waals surface area contributed by atoms with E-state index in [0.717, 1.165) is 12.5 Å². The minimum absolute atomic E-state index is 0.346. The second kappa shape index (κ2) is 4.97. The Morgan fingerprint density at radius 1 is 1.41 bits per heavy atom. The van der Waals surface area contributed by atoms with E-state index < -0.39 is 21.4 Å². The maximum absolute atomic E-state index is 12.6. The van der Waals surface area contributed by atoms with Crippen molar-refractivity contribution in [1.82, 2.24) is 9.71 Å². The van der Waals surface area contributed by atoms with Crippen LogP contribution >= 0.6 is 0 Å². The third kappa shape index (κ3) is 5.60. The van der Waals surface area contributed by atoms with Gasteiger partial charge in [-0.05, 0) is 26.0 Å². The van der Waals surface area contributed by atoms with Gasteiger partial charge in [-0.15, -0.1) is 0 Å². The summed E-state index contributed by atoms with van der Waals surface area (Å²) in [5.41, 5.74) is -0.649. The molecular weight excluding hydrogens is 245 g/mol. The van der Waals surface area contributed by atoms with Crippen LogP contribution in [0.5, 0.6) is 0 Å². The molecule has 1 rings (SSSR count). The van der Waals surface area contributed by atoms with Gasteiger partial charge < -0.3 is 5.32 Å². The lowest BCUT2D eigenvalue weighted by atomic mass is 10.1. The van der Waals surface area contributed by atoms with Gasteiger partial charge in [0.05, 0.1) is 12.5 Å². The molecule has 1 aromatic heterocycles. The number of pyridine rings is 1. The molecule has 0 amide bonds. The van der Waals surface area contributed by atoms with Crippen molar-refractivity contribution >= 4 is 15.8 Å². The molecule has 0 fully saturated rings. The molecule has 0 aliphatic heterocycles. The highest BCUT2D eigenvalue weighted by Gasteiger charge is 2.21. The van der Waals surface area contributed by atoms with E-state index >= 15 is 0 Å². The van der Waals surface area contributed by atoms with Gasteiger partial charge in [0.15, 0.2) is 0 Å². The highest BCUT2D eigenvalue weighted by atomic mass is 32.2. The number of nitrogens with zero attached hydrogens (tertiary/aromatic N) is 1. The first-order chi connectivity index (χ1) is 7.68. The van der Waals surface area contributed by atoms with E-state index in [-0.39, 0.29) is 0 Å². The molecule has 7 heteroatoms. The topological polar surface area (TPSA) is 71.1 Å². The number of anilines is 1. The van der Waals surface area contributed by atoms with Crippen LogP contribution < -0.4 is 10.0 Å². The quantitative estimate of drug-likeness (QED) is 0.828. The fourth-order valence-corrected chi connectivity index (χ4v) is 2.41. The van der Waals surface area contributed by atoms with Crippen LogP contribution in [0.15, 0.2) is 18.3 Å². The molecule has 0 aromatic carbocycles. The van der Waals surface area contributed by atoms with Crippen molar-refractivity contribution in [3.63, 3.8) is 0 Å². The summed E-state index contributed by atoms with van der Waals surface area (Å²) in [5.74, 6) is 0.0823. The monoisotopic (exact) mass is 261 g/mol. The Kier molecular flexibility index (Phi) is 4.05. The zero-order valence-electron chi connectivity index (χ0n) is 9.99. The summed E-state index contributed by atoms with van der Waals surface area (Å²) in [6.07, 6.45) is 2.20. The Morgan fingerprint density at radius 3 is 2.53 bits per heavy atom. The number of hydrogen-bond donors (Lipinski definition) is 2. The Balaban J connectivity index is 2.58. The van der Waals surface area contributed by atoms with Crippen LogP contribution in [-0.2, 0) is 10.0 Å². The van der Waals surface area contributed by atoms with E-state index in [1.54, 1.807) is 13.8 Å². The number of rotatable bonds is 5. The molecule has 0 saturated heterocycles. The SMILES string of the molecule is CC(C)(CNc1ccc(F)cn1)NS(C)(=O)=O. The fraction of sp³-hybridized carbons (Fsp3) is 0.500. The first-order valence-electron chi connectivity index (χ1n) is 5.02. The van der Waals surface area contributed by atoms with E-state index in [0.29, 0.717) is 12.4 Å². The summed E-state index contributed by atoms with van der Waals surface area (Å²) in [4.78, 5) is 3.81. The smallest absolute Gasteiger partial charge is 0.209 e. The summed E-state index contributed by atoms with van der Waals surface area (Å²) in [6.45, 7) is 3.83. The van der Waals surface area contributed by atoms with Gasteiger partial charge in [-0.25, -0.2) is 22.5 Å². The van der Waals surface area contributed by atoms with E-state index in [9.17, 15) is 12.8 Å². The van der Waals surface area contributed by atoms with Crippen LogP contribution in [0, 0.1) is 5.82 Å². The van der Waals surface area contributed by atoms with Crippen LogP contribution in [-0.4, -0.2) is 31.7 Å². The first-order valence-corrected chi connectivity index (χ1v) is 6.91. The van der Waals surface area contributed by atoms with Crippen molar-refractivity contribution in [1.29, 1.82) is 0 Å². The molecular formula is C10H16FN3O2S. The van der Waals surface area contributed by atoms with Gasteiger partial charge in [0.25, 0.3) is 0 Å². The Morgan fingerprint density at radius 2 is 2.06 bits per heavy atom. The summed E-state index contributed by atoms with van der Waals surface area (Å²) >= 11 is 0. The van der Waals surface area contributed by atoms with Crippen LogP contribution in [0.3, 0.4) is 0 Å². The fourth-order valence-electron chi connectivity index (χ4n) is 1.33. The van der Waals surface area contributed by atoms with E-state index in [4.69, 9.17) is 0 Å². The molecule has 0 bridgehead atoms. The lowest BCUT2D eigenvalue weighted by Gasteiger charge is -2.25. The Bertz CT molecular complexity index is 471. The molecule has 0 aliphatic carbocycles. The molecule has 0 radical (unpaired) electrons. The molecule has 2 N–H and O–H groups in total. The maximum atomic E-state index is 12.6. The molecule has 5 nitrogen and oxygen atoms in total. The lowest BCUT2D eigenvalue weighted by molar-refractivity contribution is 0.476. The minimum atomic E-state index is -3.26. The number of hydrogen-bond acceptors (Lipinski definition) is 4. The lowest BCUT2D eigenvalue weighted by Crippen LogP contribution is -2.47. The third-order valence-electron chi connectivity index (χ3n) is 1.90. The van der Waals surface area contributed by atoms with Crippen molar-refractivity contribution in [2.24, 2.45) is 0 Å². The number of halogens is 1. The van der Waals surface area contributed by atoms with Crippen LogP contribution in [0.4, 0.5) is 10.2 Å². The predicted octanol–water partition coefficient (Wildman–Crippen LogP) is 0.960. The third-order valence-corrected chi connectivity index (χ3v) is 2.82. The van der Waals surface area contributed by atoms with Gasteiger partial charge in [-0.3, -0.25) is 0 Å². The molecule has 1 heterocycles. The van der Waals surface area contributed by atoms with Crippen molar-refractivity contribution in [3.8, 4) is 0 Å². The minimum Gasteiger partial charge on any atom is -0.368 e. The van der Waals surface area contributed by atoms with Gasteiger partial charge in [-0.1, -0.05) is 0 Å². The van der Waals surface area contributed by atoms with Crippen LogP contribution in [0.1, 0.15) is 13.8 Å². The number of nitrogens with one attached hydrogen (secondary N) is 2. The van der Waals surface area contributed by atoms with Gasteiger partial charge in [0.2, 0.25) is 10.0 Å². The van der Waals surface area contributed by atoms with Crippen LogP contribution in [0.2, 0.25) is 0 Å². The van der Waals surface area contributed by atoms with Gasteiger partial charge in [-0.2, -0.15) is 0 Å². The number of aromatic nitrogens is 1. The second-order valence-electron chi connectivity index (χ2n) is 4.47. The molecule has 0 aliphatic rings. The largest absolute Gasteiger partial charge is 0.368 e. The molecule has 0 atom stereocenters. The van der Waals surface area contributed by atoms with Crippen LogP contribution in [0.25, 0.3) is 0 Å². The molecule has 96 valence electrons. The van der Waals surface area contributed by atoms with Crippen molar-refractivity contribution < 1.29 is 12.8 Å². The molecule has 1 aromatic rings. The first kappa shape index (κ1) is 13.9. The molecule has 0 unspecified atom stereocenters. The Hall–Kier alpha value is -1.21.